The first-order chi connectivity index (χ1) is 13.0. The van der Waals surface area contributed by atoms with E-state index in [4.69, 9.17) is 9.73 Å². The normalized spacial score (nSPS) is 14.0. The molecule has 2 aromatic rings. The summed E-state index contributed by atoms with van der Waals surface area (Å²) < 4.78 is 5.35. The van der Waals surface area contributed by atoms with E-state index in [0.717, 1.165) is 36.3 Å². The zero-order chi connectivity index (χ0) is 19.6. The standard InChI is InChI=1S/C20H30N4OS2/c1-6-21-20(22-12-15(2)27-18-10-8-7-9-11-18)24(4)13-17-14-26-19(23-17)16(3)25-5/h7-11,14-16H,6,12-13H2,1-5H3,(H,21,22). The summed E-state index contributed by atoms with van der Waals surface area (Å²) in [6.45, 7) is 8.64. The fourth-order valence-electron chi connectivity index (χ4n) is 2.45. The Balaban J connectivity index is 1.95. The van der Waals surface area contributed by atoms with Gasteiger partial charge in [-0.1, -0.05) is 25.1 Å². The molecule has 27 heavy (non-hydrogen) atoms. The van der Waals surface area contributed by atoms with Crippen molar-refractivity contribution in [1.82, 2.24) is 15.2 Å². The number of aromatic nitrogens is 1. The Hall–Kier alpha value is -1.57. The number of nitrogens with one attached hydrogen (secondary N) is 1. The molecule has 1 N–H and O–H groups in total. The Morgan fingerprint density at radius 3 is 2.74 bits per heavy atom. The maximum atomic E-state index is 5.35. The summed E-state index contributed by atoms with van der Waals surface area (Å²) in [5.41, 5.74) is 1.04. The molecule has 1 aromatic heterocycles. The number of nitrogens with zero attached hydrogens (tertiary/aromatic N) is 3. The Labute approximate surface area is 171 Å². The van der Waals surface area contributed by atoms with Gasteiger partial charge in [0.05, 0.1) is 18.8 Å². The van der Waals surface area contributed by atoms with Gasteiger partial charge in [0, 0.05) is 36.2 Å². The average Bonchev–Trinajstić information content (AvgIpc) is 3.13. The van der Waals surface area contributed by atoms with Crippen molar-refractivity contribution in [2.24, 2.45) is 4.99 Å². The molecule has 2 unspecified atom stereocenters. The van der Waals surface area contributed by atoms with Crippen LogP contribution in [0.4, 0.5) is 0 Å². The highest BCUT2D eigenvalue weighted by Crippen LogP contribution is 2.23. The summed E-state index contributed by atoms with van der Waals surface area (Å²) in [4.78, 5) is 12.9. The number of ether oxygens (including phenoxy) is 1. The van der Waals surface area contributed by atoms with Gasteiger partial charge in [-0.3, -0.25) is 4.99 Å². The first-order valence-electron chi connectivity index (χ1n) is 9.21. The van der Waals surface area contributed by atoms with E-state index in [-0.39, 0.29) is 6.10 Å². The quantitative estimate of drug-likeness (QED) is 0.379. The lowest BCUT2D eigenvalue weighted by Crippen LogP contribution is -2.39. The van der Waals surface area contributed by atoms with E-state index < -0.39 is 0 Å². The van der Waals surface area contributed by atoms with Crippen molar-refractivity contribution >= 4 is 29.1 Å². The van der Waals surface area contributed by atoms with E-state index in [1.807, 2.05) is 24.8 Å². The van der Waals surface area contributed by atoms with Crippen molar-refractivity contribution in [2.75, 3.05) is 27.2 Å². The maximum Gasteiger partial charge on any atom is 0.194 e. The van der Waals surface area contributed by atoms with E-state index in [2.05, 4.69) is 65.7 Å². The molecule has 148 valence electrons. The number of benzene rings is 1. The zero-order valence-electron chi connectivity index (χ0n) is 16.8. The van der Waals surface area contributed by atoms with Crippen molar-refractivity contribution in [3.8, 4) is 0 Å². The number of guanidine groups is 1. The molecule has 0 bridgehead atoms. The van der Waals surface area contributed by atoms with Crippen LogP contribution in [0.15, 0.2) is 45.6 Å². The van der Waals surface area contributed by atoms with Crippen LogP contribution in [0, 0.1) is 0 Å². The fraction of sp³-hybridized carbons (Fsp3) is 0.500. The van der Waals surface area contributed by atoms with Crippen LogP contribution >= 0.6 is 23.1 Å². The second kappa shape index (κ2) is 11.3. The SMILES string of the molecule is CCNC(=NCC(C)Sc1ccccc1)N(C)Cc1csc(C(C)OC)n1. The zero-order valence-corrected chi connectivity index (χ0v) is 18.4. The van der Waals surface area contributed by atoms with Crippen LogP contribution in [-0.2, 0) is 11.3 Å². The molecule has 2 atom stereocenters. The van der Waals surface area contributed by atoms with E-state index in [0.29, 0.717) is 5.25 Å². The van der Waals surface area contributed by atoms with Crippen LogP contribution in [0.25, 0.3) is 0 Å². The van der Waals surface area contributed by atoms with Crippen LogP contribution in [0.5, 0.6) is 0 Å². The smallest absolute Gasteiger partial charge is 0.194 e. The molecule has 1 heterocycles. The molecule has 1 aromatic carbocycles. The van der Waals surface area contributed by atoms with Gasteiger partial charge >= 0.3 is 0 Å². The van der Waals surface area contributed by atoms with E-state index in [9.17, 15) is 0 Å². The van der Waals surface area contributed by atoms with Gasteiger partial charge in [0.1, 0.15) is 11.1 Å². The largest absolute Gasteiger partial charge is 0.375 e. The molecule has 0 saturated heterocycles. The van der Waals surface area contributed by atoms with E-state index >= 15 is 0 Å². The average molecular weight is 407 g/mol. The van der Waals surface area contributed by atoms with E-state index in [1.54, 1.807) is 18.4 Å². The van der Waals surface area contributed by atoms with Crippen molar-refractivity contribution in [3.05, 3.63) is 46.4 Å². The maximum absolute atomic E-state index is 5.35. The number of thioether (sulfide) groups is 1. The number of hydrogen-bond acceptors (Lipinski definition) is 5. The predicted octanol–water partition coefficient (Wildman–Crippen LogP) is 4.43. The van der Waals surface area contributed by atoms with Crippen molar-refractivity contribution < 1.29 is 4.74 Å². The highest BCUT2D eigenvalue weighted by atomic mass is 32.2. The molecule has 0 amide bonds. The minimum Gasteiger partial charge on any atom is -0.375 e. The molecule has 7 heteroatoms. The second-order valence-electron chi connectivity index (χ2n) is 6.35. The van der Waals surface area contributed by atoms with Gasteiger partial charge in [-0.2, -0.15) is 0 Å². The first kappa shape index (κ1) is 21.7. The molecule has 0 radical (unpaired) electrons. The highest BCUT2D eigenvalue weighted by Gasteiger charge is 2.13. The van der Waals surface area contributed by atoms with Gasteiger partial charge in [-0.15, -0.1) is 23.1 Å². The minimum atomic E-state index is 0.0341. The third-order valence-electron chi connectivity index (χ3n) is 3.95. The lowest BCUT2D eigenvalue weighted by Gasteiger charge is -2.22. The lowest BCUT2D eigenvalue weighted by atomic mass is 10.4. The van der Waals surface area contributed by atoms with Crippen LogP contribution in [0.2, 0.25) is 0 Å². The first-order valence-corrected chi connectivity index (χ1v) is 11.0. The lowest BCUT2D eigenvalue weighted by molar-refractivity contribution is 0.119. The highest BCUT2D eigenvalue weighted by molar-refractivity contribution is 8.00. The van der Waals surface area contributed by atoms with Gasteiger partial charge in [-0.25, -0.2) is 4.98 Å². The Morgan fingerprint density at radius 1 is 1.33 bits per heavy atom. The van der Waals surface area contributed by atoms with Crippen molar-refractivity contribution in [1.29, 1.82) is 0 Å². The topological polar surface area (TPSA) is 49.8 Å². The number of aliphatic imine (C=N–C) groups is 1. The molecule has 0 spiro atoms. The summed E-state index contributed by atoms with van der Waals surface area (Å²) in [7, 11) is 3.76. The third-order valence-corrected chi connectivity index (χ3v) is 6.10. The summed E-state index contributed by atoms with van der Waals surface area (Å²) >= 11 is 3.49. The molecule has 0 fully saturated rings. The molecular weight excluding hydrogens is 376 g/mol. The molecule has 2 rings (SSSR count). The molecule has 0 aliphatic carbocycles. The van der Waals surface area contributed by atoms with Gasteiger partial charge in [0.25, 0.3) is 0 Å². The summed E-state index contributed by atoms with van der Waals surface area (Å²) in [6.07, 6.45) is 0.0341. The number of thiazole rings is 1. The predicted molar refractivity (Wildman–Crippen MR) is 117 cm³/mol. The minimum absolute atomic E-state index is 0.0341. The summed E-state index contributed by atoms with van der Waals surface area (Å²) in [5.74, 6) is 0.910. The number of hydrogen-bond donors (Lipinski definition) is 1. The van der Waals surface area contributed by atoms with Gasteiger partial charge < -0.3 is 15.0 Å². The van der Waals surface area contributed by atoms with Gasteiger partial charge in [-0.05, 0) is 26.0 Å². The van der Waals surface area contributed by atoms with Crippen LogP contribution in [0.3, 0.4) is 0 Å². The number of methoxy groups -OCH3 is 1. The Kier molecular flexibility index (Phi) is 9.10. The fourth-order valence-corrected chi connectivity index (χ4v) is 4.22. The van der Waals surface area contributed by atoms with Gasteiger partial charge in [0.15, 0.2) is 5.96 Å². The number of rotatable bonds is 9. The third kappa shape index (κ3) is 7.16. The van der Waals surface area contributed by atoms with Crippen LogP contribution in [-0.4, -0.2) is 48.3 Å². The Bertz CT molecular complexity index is 705. The Morgan fingerprint density at radius 2 is 2.07 bits per heavy atom. The molecular formula is C20H30N4OS2. The summed E-state index contributed by atoms with van der Waals surface area (Å²) in [5, 5.41) is 6.89. The van der Waals surface area contributed by atoms with E-state index in [1.165, 1.54) is 4.90 Å². The summed E-state index contributed by atoms with van der Waals surface area (Å²) in [6, 6.07) is 10.5. The molecule has 0 aliphatic heterocycles. The van der Waals surface area contributed by atoms with Gasteiger partial charge in [0.2, 0.25) is 0 Å². The van der Waals surface area contributed by atoms with Crippen LogP contribution < -0.4 is 5.32 Å². The van der Waals surface area contributed by atoms with Crippen molar-refractivity contribution in [2.45, 2.75) is 43.6 Å². The van der Waals surface area contributed by atoms with Crippen LogP contribution in [0.1, 0.15) is 37.6 Å². The second-order valence-corrected chi connectivity index (χ2v) is 8.75. The van der Waals surface area contributed by atoms with Crippen molar-refractivity contribution in [3.63, 3.8) is 0 Å². The molecule has 0 aliphatic rings. The molecule has 0 saturated carbocycles. The molecule has 5 nitrogen and oxygen atoms in total. The monoisotopic (exact) mass is 406 g/mol.